The zero-order chi connectivity index (χ0) is 20.2. The molecule has 0 aliphatic rings. The van der Waals surface area contributed by atoms with Gasteiger partial charge in [0.15, 0.2) is 0 Å². The molecule has 0 atom stereocenters. The summed E-state index contributed by atoms with van der Waals surface area (Å²) in [4.78, 5) is 26.7. The lowest BCUT2D eigenvalue weighted by atomic mass is 10.2. The van der Waals surface area contributed by atoms with Crippen molar-refractivity contribution in [3.8, 4) is 28.6 Å². The fourth-order valence-electron chi connectivity index (χ4n) is 2.60. The topological polar surface area (TPSA) is 108 Å². The third-order valence-corrected chi connectivity index (χ3v) is 4.08. The van der Waals surface area contributed by atoms with Crippen molar-refractivity contribution in [1.29, 1.82) is 0 Å². The fraction of sp³-hybridized carbons (Fsp3) is 0. The van der Waals surface area contributed by atoms with E-state index in [0.29, 0.717) is 28.3 Å². The molecule has 0 fully saturated rings. The molecule has 0 amide bonds. The maximum absolute atomic E-state index is 12.1. The van der Waals surface area contributed by atoms with E-state index in [0.717, 1.165) is 0 Å². The Morgan fingerprint density at radius 3 is 2.21 bits per heavy atom. The number of aromatic nitrogens is 2. The first-order chi connectivity index (χ1) is 14.1. The molecule has 0 aliphatic carbocycles. The van der Waals surface area contributed by atoms with E-state index in [9.17, 15) is 14.9 Å². The Morgan fingerprint density at radius 2 is 1.55 bits per heavy atom. The van der Waals surface area contributed by atoms with Gasteiger partial charge in [0.05, 0.1) is 10.5 Å². The van der Waals surface area contributed by atoms with Crippen LogP contribution >= 0.6 is 0 Å². The van der Waals surface area contributed by atoms with Gasteiger partial charge in [-0.25, -0.2) is 4.79 Å². The lowest BCUT2D eigenvalue weighted by Crippen LogP contribution is -2.07. The van der Waals surface area contributed by atoms with Crippen molar-refractivity contribution in [3.05, 3.63) is 94.5 Å². The second kappa shape index (κ2) is 7.73. The van der Waals surface area contributed by atoms with Gasteiger partial charge >= 0.3 is 5.97 Å². The molecule has 0 unspecified atom stereocenters. The average Bonchev–Trinajstić information content (AvgIpc) is 3.25. The van der Waals surface area contributed by atoms with E-state index >= 15 is 0 Å². The number of nitrogens with zero attached hydrogens (tertiary/aromatic N) is 3. The number of carbonyl (C=O) groups is 1. The van der Waals surface area contributed by atoms with Gasteiger partial charge in [0.2, 0.25) is 5.82 Å². The Bertz CT molecular complexity index is 1150. The van der Waals surface area contributed by atoms with Crippen LogP contribution in [-0.4, -0.2) is 21.0 Å². The molecule has 3 aromatic carbocycles. The van der Waals surface area contributed by atoms with Crippen LogP contribution in [-0.2, 0) is 0 Å². The van der Waals surface area contributed by atoms with E-state index in [4.69, 9.17) is 9.26 Å². The molecule has 0 bridgehead atoms. The highest BCUT2D eigenvalue weighted by Crippen LogP contribution is 2.25. The second-order valence-electron chi connectivity index (χ2n) is 6.01. The first-order valence-corrected chi connectivity index (χ1v) is 8.56. The predicted molar refractivity (Wildman–Crippen MR) is 103 cm³/mol. The van der Waals surface area contributed by atoms with Crippen LogP contribution in [0, 0.1) is 10.1 Å². The maximum atomic E-state index is 12.1. The molecular formula is C21H13N3O5. The highest BCUT2D eigenvalue weighted by Gasteiger charge is 2.13. The highest BCUT2D eigenvalue weighted by molar-refractivity contribution is 5.91. The van der Waals surface area contributed by atoms with E-state index in [1.807, 2.05) is 6.07 Å². The third kappa shape index (κ3) is 4.01. The fourth-order valence-corrected chi connectivity index (χ4v) is 2.60. The van der Waals surface area contributed by atoms with Gasteiger partial charge in [-0.3, -0.25) is 10.1 Å². The van der Waals surface area contributed by atoms with Gasteiger partial charge in [0, 0.05) is 23.3 Å². The lowest BCUT2D eigenvalue weighted by Gasteiger charge is -2.04. The molecule has 29 heavy (non-hydrogen) atoms. The molecular weight excluding hydrogens is 374 g/mol. The third-order valence-electron chi connectivity index (χ3n) is 4.08. The minimum absolute atomic E-state index is 0.0156. The average molecular weight is 387 g/mol. The highest BCUT2D eigenvalue weighted by atomic mass is 16.6. The van der Waals surface area contributed by atoms with Crippen LogP contribution in [0.4, 0.5) is 5.69 Å². The van der Waals surface area contributed by atoms with Gasteiger partial charge in [0.1, 0.15) is 5.75 Å². The number of nitro benzene ring substituents is 1. The van der Waals surface area contributed by atoms with E-state index in [1.54, 1.807) is 60.7 Å². The molecule has 1 heterocycles. The zero-order valence-corrected chi connectivity index (χ0v) is 14.9. The summed E-state index contributed by atoms with van der Waals surface area (Å²) in [5.41, 5.74) is 1.68. The van der Waals surface area contributed by atoms with Crippen molar-refractivity contribution in [3.63, 3.8) is 0 Å². The molecule has 8 heteroatoms. The predicted octanol–water partition coefficient (Wildman–Crippen LogP) is 4.53. The number of nitro groups is 1. The minimum atomic E-state index is -0.475. The number of hydrogen-bond donors (Lipinski definition) is 0. The van der Waals surface area contributed by atoms with Gasteiger partial charge in [-0.15, -0.1) is 0 Å². The van der Waals surface area contributed by atoms with Crippen LogP contribution in [0.5, 0.6) is 5.75 Å². The summed E-state index contributed by atoms with van der Waals surface area (Å²) in [7, 11) is 0. The summed E-state index contributed by atoms with van der Waals surface area (Å²) in [5, 5.41) is 14.6. The summed E-state index contributed by atoms with van der Waals surface area (Å²) in [6.45, 7) is 0. The molecule has 0 aliphatic heterocycles. The van der Waals surface area contributed by atoms with E-state index in [-0.39, 0.29) is 11.6 Å². The maximum Gasteiger partial charge on any atom is 0.343 e. The number of hydrogen-bond acceptors (Lipinski definition) is 7. The van der Waals surface area contributed by atoms with E-state index in [1.165, 1.54) is 12.1 Å². The van der Waals surface area contributed by atoms with Crippen molar-refractivity contribution < 1.29 is 19.0 Å². The number of non-ortho nitro benzene ring substituents is 1. The van der Waals surface area contributed by atoms with Crippen molar-refractivity contribution in [2.45, 2.75) is 0 Å². The van der Waals surface area contributed by atoms with Gasteiger partial charge in [-0.05, 0) is 48.5 Å². The molecule has 0 saturated carbocycles. The minimum Gasteiger partial charge on any atom is -0.423 e. The molecule has 1 aromatic heterocycles. The molecule has 0 saturated heterocycles. The van der Waals surface area contributed by atoms with Crippen LogP contribution in [0.2, 0.25) is 0 Å². The molecule has 142 valence electrons. The first-order valence-electron chi connectivity index (χ1n) is 8.56. The summed E-state index contributed by atoms with van der Waals surface area (Å²) in [5.74, 6) is 0.531. The van der Waals surface area contributed by atoms with Crippen LogP contribution in [0.3, 0.4) is 0 Å². The number of carbonyl (C=O) groups excluding carboxylic acids is 1. The zero-order valence-electron chi connectivity index (χ0n) is 14.9. The Kier molecular flexibility index (Phi) is 4.81. The quantitative estimate of drug-likeness (QED) is 0.214. The summed E-state index contributed by atoms with van der Waals surface area (Å²) >= 11 is 0. The molecule has 4 aromatic rings. The van der Waals surface area contributed by atoms with Crippen molar-refractivity contribution in [2.75, 3.05) is 0 Å². The standard InChI is InChI=1S/C21H13N3O5/c25-21(16-4-2-1-3-5-16)28-18-12-8-15(9-13-18)20-22-19(23-29-20)14-6-10-17(11-7-14)24(26)27/h1-13H. The number of benzene rings is 3. The first kappa shape index (κ1) is 18.1. The van der Waals surface area contributed by atoms with Gasteiger partial charge in [-0.1, -0.05) is 23.4 Å². The van der Waals surface area contributed by atoms with Crippen molar-refractivity contribution in [1.82, 2.24) is 10.1 Å². The summed E-state index contributed by atoms with van der Waals surface area (Å²) in [6, 6.07) is 21.2. The van der Waals surface area contributed by atoms with E-state index < -0.39 is 10.9 Å². The Hall–Kier alpha value is -4.33. The molecule has 0 N–H and O–H groups in total. The van der Waals surface area contributed by atoms with Crippen LogP contribution in [0.1, 0.15) is 10.4 Å². The Morgan fingerprint density at radius 1 is 0.897 bits per heavy atom. The van der Waals surface area contributed by atoms with E-state index in [2.05, 4.69) is 10.1 Å². The Labute approximate surface area is 164 Å². The lowest BCUT2D eigenvalue weighted by molar-refractivity contribution is -0.384. The van der Waals surface area contributed by atoms with Crippen molar-refractivity contribution >= 4 is 11.7 Å². The van der Waals surface area contributed by atoms with Gasteiger partial charge in [-0.2, -0.15) is 4.98 Å². The van der Waals surface area contributed by atoms with Crippen molar-refractivity contribution in [2.24, 2.45) is 0 Å². The number of esters is 1. The van der Waals surface area contributed by atoms with Crippen LogP contribution < -0.4 is 4.74 Å². The Balaban J connectivity index is 1.48. The second-order valence-corrected chi connectivity index (χ2v) is 6.01. The SMILES string of the molecule is O=C(Oc1ccc(-c2nc(-c3ccc([N+](=O)[O-])cc3)no2)cc1)c1ccccc1. The van der Waals surface area contributed by atoms with Gasteiger partial charge in [0.25, 0.3) is 11.6 Å². The molecule has 0 spiro atoms. The normalized spacial score (nSPS) is 10.5. The number of ether oxygens (including phenoxy) is 1. The summed E-state index contributed by atoms with van der Waals surface area (Å²) in [6.07, 6.45) is 0. The van der Waals surface area contributed by atoms with Gasteiger partial charge < -0.3 is 9.26 Å². The number of rotatable bonds is 5. The molecule has 0 radical (unpaired) electrons. The van der Waals surface area contributed by atoms with Crippen LogP contribution in [0.25, 0.3) is 22.8 Å². The summed E-state index contributed by atoms with van der Waals surface area (Å²) < 4.78 is 10.6. The smallest absolute Gasteiger partial charge is 0.343 e. The molecule has 4 rings (SSSR count). The molecule has 8 nitrogen and oxygen atoms in total. The largest absolute Gasteiger partial charge is 0.423 e. The monoisotopic (exact) mass is 387 g/mol. The van der Waals surface area contributed by atoms with Crippen LogP contribution in [0.15, 0.2) is 83.4 Å².